The Kier molecular flexibility index (Phi) is 5.11. The molecular formula is C17H19BrClN. The minimum Gasteiger partial charge on any atom is -0.368 e. The molecule has 0 heterocycles. The van der Waals surface area contributed by atoms with Crippen LogP contribution in [0.3, 0.4) is 0 Å². The molecule has 0 aromatic heterocycles. The van der Waals surface area contributed by atoms with Gasteiger partial charge in [0.15, 0.2) is 0 Å². The third-order valence-corrected chi connectivity index (χ3v) is 4.55. The van der Waals surface area contributed by atoms with Crippen LogP contribution in [-0.2, 0) is 0 Å². The molecule has 20 heavy (non-hydrogen) atoms. The fourth-order valence-corrected chi connectivity index (χ4v) is 2.99. The van der Waals surface area contributed by atoms with Crippen LogP contribution in [0.15, 0.2) is 46.9 Å². The average molecular weight is 353 g/mol. The molecule has 0 spiro atoms. The number of hydrogen-bond acceptors (Lipinski definition) is 1. The van der Waals surface area contributed by atoms with Crippen LogP contribution in [0.25, 0.3) is 0 Å². The Morgan fingerprint density at radius 3 is 2.55 bits per heavy atom. The largest absolute Gasteiger partial charge is 0.368 e. The van der Waals surface area contributed by atoms with Crippen molar-refractivity contribution in [1.29, 1.82) is 0 Å². The summed E-state index contributed by atoms with van der Waals surface area (Å²) in [6, 6.07) is 15.0. The highest BCUT2D eigenvalue weighted by molar-refractivity contribution is 9.10. The molecule has 106 valence electrons. The van der Waals surface area contributed by atoms with E-state index in [0.717, 1.165) is 21.5 Å². The van der Waals surface area contributed by atoms with Crippen LogP contribution in [0.4, 0.5) is 5.69 Å². The van der Waals surface area contributed by atoms with Gasteiger partial charge in [-0.2, -0.15) is 0 Å². The second kappa shape index (κ2) is 6.64. The van der Waals surface area contributed by atoms with Gasteiger partial charge in [-0.15, -0.1) is 0 Å². The van der Waals surface area contributed by atoms with E-state index in [1.54, 1.807) is 0 Å². The average Bonchev–Trinajstić information content (AvgIpc) is 2.43. The molecule has 0 amide bonds. The van der Waals surface area contributed by atoms with Crippen LogP contribution < -0.4 is 4.90 Å². The number of nitrogens with zero attached hydrogens (tertiary/aromatic N) is 1. The second-order valence-electron chi connectivity index (χ2n) is 5.02. The van der Waals surface area contributed by atoms with Crippen LogP contribution in [-0.4, -0.2) is 7.05 Å². The lowest BCUT2D eigenvalue weighted by molar-refractivity contribution is 0.648. The predicted octanol–water partition coefficient (Wildman–Crippen LogP) is 6.00. The van der Waals surface area contributed by atoms with Crippen molar-refractivity contribution in [2.45, 2.75) is 26.3 Å². The minimum absolute atomic E-state index is 0.347. The Bertz CT molecular complexity index is 597. The molecule has 0 bridgehead atoms. The van der Waals surface area contributed by atoms with E-state index in [0.29, 0.717) is 6.04 Å². The van der Waals surface area contributed by atoms with Crippen molar-refractivity contribution < 1.29 is 0 Å². The second-order valence-corrected chi connectivity index (χ2v) is 6.35. The van der Waals surface area contributed by atoms with Crippen molar-refractivity contribution in [1.82, 2.24) is 0 Å². The fraction of sp³-hybridized carbons (Fsp3) is 0.294. The normalized spacial score (nSPS) is 12.2. The van der Waals surface area contributed by atoms with E-state index in [1.807, 2.05) is 12.1 Å². The van der Waals surface area contributed by atoms with Gasteiger partial charge >= 0.3 is 0 Å². The van der Waals surface area contributed by atoms with Gasteiger partial charge in [0.25, 0.3) is 0 Å². The van der Waals surface area contributed by atoms with Gasteiger partial charge in [-0.1, -0.05) is 52.7 Å². The van der Waals surface area contributed by atoms with Gasteiger partial charge < -0.3 is 4.90 Å². The maximum Gasteiger partial charge on any atom is 0.0536 e. The van der Waals surface area contributed by atoms with Crippen molar-refractivity contribution in [2.24, 2.45) is 0 Å². The van der Waals surface area contributed by atoms with E-state index in [-0.39, 0.29) is 0 Å². The molecule has 2 aromatic carbocycles. The summed E-state index contributed by atoms with van der Waals surface area (Å²) >= 11 is 9.66. The molecule has 2 rings (SSSR count). The van der Waals surface area contributed by atoms with Gasteiger partial charge in [0.05, 0.1) is 6.04 Å². The number of anilines is 1. The molecule has 0 aliphatic rings. The summed E-state index contributed by atoms with van der Waals surface area (Å²) in [7, 11) is 2.14. The van der Waals surface area contributed by atoms with Crippen molar-refractivity contribution in [2.75, 3.05) is 11.9 Å². The predicted molar refractivity (Wildman–Crippen MR) is 91.8 cm³/mol. The van der Waals surface area contributed by atoms with Crippen LogP contribution in [0, 0.1) is 6.92 Å². The maximum absolute atomic E-state index is 6.13. The lowest BCUT2D eigenvalue weighted by Gasteiger charge is -2.30. The Labute approximate surface area is 134 Å². The molecular weight excluding hydrogens is 334 g/mol. The highest BCUT2D eigenvalue weighted by atomic mass is 79.9. The summed E-state index contributed by atoms with van der Waals surface area (Å²) in [6.45, 7) is 4.26. The third-order valence-electron chi connectivity index (χ3n) is 3.64. The zero-order chi connectivity index (χ0) is 14.7. The summed E-state index contributed by atoms with van der Waals surface area (Å²) in [5, 5.41) is 0.828. The molecule has 0 saturated heterocycles. The Hall–Kier alpha value is -0.990. The van der Waals surface area contributed by atoms with Crippen molar-refractivity contribution >= 4 is 33.2 Å². The number of halogens is 2. The van der Waals surface area contributed by atoms with E-state index in [9.17, 15) is 0 Å². The number of aryl methyl sites for hydroxylation is 1. The highest BCUT2D eigenvalue weighted by Crippen LogP contribution is 2.31. The van der Waals surface area contributed by atoms with Gasteiger partial charge in [-0.3, -0.25) is 0 Å². The topological polar surface area (TPSA) is 3.24 Å². The zero-order valence-corrected chi connectivity index (χ0v) is 14.4. The summed E-state index contributed by atoms with van der Waals surface area (Å²) in [5.74, 6) is 0. The van der Waals surface area contributed by atoms with Crippen LogP contribution >= 0.6 is 27.5 Å². The van der Waals surface area contributed by atoms with E-state index < -0.39 is 0 Å². The molecule has 0 unspecified atom stereocenters. The molecule has 1 nitrogen and oxygen atoms in total. The number of rotatable bonds is 4. The molecule has 0 aliphatic heterocycles. The van der Waals surface area contributed by atoms with Crippen molar-refractivity contribution in [3.63, 3.8) is 0 Å². The smallest absolute Gasteiger partial charge is 0.0536 e. The van der Waals surface area contributed by atoms with Gasteiger partial charge in [-0.05, 0) is 48.7 Å². The first-order chi connectivity index (χ1) is 9.52. The quantitative estimate of drug-likeness (QED) is 0.652. The highest BCUT2D eigenvalue weighted by Gasteiger charge is 2.16. The SMILES string of the molecule is CC[C@H](c1ccc(Cl)c(C)c1)N(C)c1cccc(Br)c1. The van der Waals surface area contributed by atoms with Gasteiger partial charge in [-0.25, -0.2) is 0 Å². The monoisotopic (exact) mass is 351 g/mol. The number of benzene rings is 2. The first-order valence-electron chi connectivity index (χ1n) is 6.77. The van der Waals surface area contributed by atoms with E-state index in [2.05, 4.69) is 72.1 Å². The van der Waals surface area contributed by atoms with Gasteiger partial charge in [0.2, 0.25) is 0 Å². The lowest BCUT2D eigenvalue weighted by atomic mass is 10.0. The Morgan fingerprint density at radius 2 is 1.95 bits per heavy atom. The van der Waals surface area contributed by atoms with Crippen LogP contribution in [0.5, 0.6) is 0 Å². The van der Waals surface area contributed by atoms with Crippen molar-refractivity contribution in [3.8, 4) is 0 Å². The Morgan fingerprint density at radius 1 is 1.20 bits per heavy atom. The maximum atomic E-state index is 6.13. The summed E-state index contributed by atoms with van der Waals surface area (Å²) in [4.78, 5) is 2.31. The summed E-state index contributed by atoms with van der Waals surface area (Å²) < 4.78 is 1.10. The van der Waals surface area contributed by atoms with E-state index in [4.69, 9.17) is 11.6 Å². The first-order valence-corrected chi connectivity index (χ1v) is 7.94. The third kappa shape index (κ3) is 3.36. The van der Waals surface area contributed by atoms with Crippen molar-refractivity contribution in [3.05, 3.63) is 63.1 Å². The summed E-state index contributed by atoms with van der Waals surface area (Å²) in [6.07, 6.45) is 1.05. The fourth-order valence-electron chi connectivity index (χ4n) is 2.48. The van der Waals surface area contributed by atoms with Crippen LogP contribution in [0.2, 0.25) is 5.02 Å². The molecule has 0 fully saturated rings. The summed E-state index contributed by atoms with van der Waals surface area (Å²) in [5.41, 5.74) is 3.64. The van der Waals surface area contributed by atoms with E-state index in [1.165, 1.54) is 11.3 Å². The standard InChI is InChI=1S/C17H19BrClN/c1-4-17(13-8-9-16(19)12(2)10-13)20(3)15-7-5-6-14(18)11-15/h5-11,17H,4H2,1-3H3/t17-/m1/s1. The molecule has 0 radical (unpaired) electrons. The number of hydrogen-bond donors (Lipinski definition) is 0. The molecule has 2 aromatic rings. The van der Waals surface area contributed by atoms with Crippen LogP contribution in [0.1, 0.15) is 30.5 Å². The first kappa shape index (κ1) is 15.4. The van der Waals surface area contributed by atoms with Gasteiger partial charge in [0, 0.05) is 22.2 Å². The molecule has 1 atom stereocenters. The molecule has 0 N–H and O–H groups in total. The zero-order valence-electron chi connectivity index (χ0n) is 12.0. The minimum atomic E-state index is 0.347. The molecule has 0 aliphatic carbocycles. The molecule has 3 heteroatoms. The van der Waals surface area contributed by atoms with E-state index >= 15 is 0 Å². The lowest BCUT2D eigenvalue weighted by Crippen LogP contribution is -2.23. The molecule has 0 saturated carbocycles. The van der Waals surface area contributed by atoms with Gasteiger partial charge in [0.1, 0.15) is 0 Å². The Balaban J connectivity index is 2.33.